The third-order valence-corrected chi connectivity index (χ3v) is 2.69. The molecule has 4 N–H and O–H groups in total. The van der Waals surface area contributed by atoms with Crippen molar-refractivity contribution in [1.29, 1.82) is 0 Å². The number of aryl methyl sites for hydroxylation is 1. The zero-order valence-electron chi connectivity index (χ0n) is 8.71. The summed E-state index contributed by atoms with van der Waals surface area (Å²) in [6.07, 6.45) is 1.21. The molecule has 1 unspecified atom stereocenters. The highest BCUT2D eigenvalue weighted by atomic mass is 16.1. The van der Waals surface area contributed by atoms with Gasteiger partial charge in [-0.25, -0.2) is 0 Å². The second-order valence-corrected chi connectivity index (χ2v) is 3.73. The van der Waals surface area contributed by atoms with Crippen LogP contribution in [-0.2, 0) is 11.2 Å². The van der Waals surface area contributed by atoms with Crippen LogP contribution >= 0.6 is 0 Å². The molecule has 1 amide bonds. The van der Waals surface area contributed by atoms with Crippen molar-refractivity contribution in [3.63, 3.8) is 0 Å². The first-order valence-corrected chi connectivity index (χ1v) is 5.06. The lowest BCUT2D eigenvalue weighted by atomic mass is 9.99. The molecule has 15 heavy (non-hydrogen) atoms. The highest BCUT2D eigenvalue weighted by Gasteiger charge is 2.15. The fourth-order valence-electron chi connectivity index (χ4n) is 1.76. The highest BCUT2D eigenvalue weighted by molar-refractivity contribution is 5.93. The van der Waals surface area contributed by atoms with E-state index in [1.165, 1.54) is 0 Å². The van der Waals surface area contributed by atoms with Crippen LogP contribution < -0.4 is 16.4 Å². The first-order chi connectivity index (χ1) is 7.20. The van der Waals surface area contributed by atoms with Crippen LogP contribution in [0.2, 0.25) is 0 Å². The van der Waals surface area contributed by atoms with Crippen molar-refractivity contribution in [2.24, 2.45) is 5.73 Å². The number of anilines is 1. The maximum atomic E-state index is 11.2. The Morgan fingerprint density at radius 2 is 2.27 bits per heavy atom. The molecule has 1 aromatic rings. The number of hydrogen-bond acceptors (Lipinski definition) is 3. The molecule has 0 aromatic heterocycles. The van der Waals surface area contributed by atoms with Crippen molar-refractivity contribution >= 4 is 11.6 Å². The molecule has 0 bridgehead atoms. The van der Waals surface area contributed by atoms with Crippen molar-refractivity contribution in [3.8, 4) is 0 Å². The minimum Gasteiger partial charge on any atom is -0.326 e. The molecule has 1 aromatic carbocycles. The van der Waals surface area contributed by atoms with Gasteiger partial charge in [-0.1, -0.05) is 12.1 Å². The van der Waals surface area contributed by atoms with Crippen LogP contribution in [0.4, 0.5) is 5.69 Å². The molecule has 1 heterocycles. The summed E-state index contributed by atoms with van der Waals surface area (Å²) in [6, 6.07) is 5.90. The molecule has 2 rings (SSSR count). The van der Waals surface area contributed by atoms with Gasteiger partial charge < -0.3 is 16.4 Å². The van der Waals surface area contributed by atoms with Crippen LogP contribution in [-0.4, -0.2) is 13.0 Å². The molecular weight excluding hydrogens is 190 g/mol. The maximum absolute atomic E-state index is 11.2. The predicted octanol–water partition coefficient (Wildman–Crippen LogP) is 0.748. The first kappa shape index (κ1) is 10.1. The fraction of sp³-hybridized carbons (Fsp3) is 0.364. The highest BCUT2D eigenvalue weighted by Crippen LogP contribution is 2.24. The van der Waals surface area contributed by atoms with Crippen molar-refractivity contribution in [3.05, 3.63) is 29.3 Å². The average Bonchev–Trinajstić information content (AvgIpc) is 2.27. The molecular formula is C11H15N3O. The van der Waals surface area contributed by atoms with Crippen molar-refractivity contribution in [1.82, 2.24) is 5.32 Å². The Morgan fingerprint density at radius 1 is 1.47 bits per heavy atom. The van der Waals surface area contributed by atoms with Gasteiger partial charge in [-0.3, -0.25) is 4.79 Å². The van der Waals surface area contributed by atoms with E-state index >= 15 is 0 Å². The third kappa shape index (κ3) is 2.00. The number of carbonyl (C=O) groups is 1. The minimum absolute atomic E-state index is 0.0909. The zero-order chi connectivity index (χ0) is 10.8. The number of rotatable bonds is 2. The van der Waals surface area contributed by atoms with Gasteiger partial charge in [0.1, 0.15) is 0 Å². The first-order valence-electron chi connectivity index (χ1n) is 5.06. The van der Waals surface area contributed by atoms with Crippen LogP contribution in [0.5, 0.6) is 0 Å². The van der Waals surface area contributed by atoms with Crippen LogP contribution in [0.25, 0.3) is 0 Å². The molecule has 1 aliphatic heterocycles. The molecule has 0 spiro atoms. The van der Waals surface area contributed by atoms with Gasteiger partial charge >= 0.3 is 0 Å². The van der Waals surface area contributed by atoms with Crippen LogP contribution in [0.1, 0.15) is 23.7 Å². The summed E-state index contributed by atoms with van der Waals surface area (Å²) in [6.45, 7) is 0. The van der Waals surface area contributed by atoms with Crippen molar-refractivity contribution < 1.29 is 4.79 Å². The lowest BCUT2D eigenvalue weighted by molar-refractivity contribution is -0.116. The van der Waals surface area contributed by atoms with Crippen LogP contribution in [0.15, 0.2) is 18.2 Å². The summed E-state index contributed by atoms with van der Waals surface area (Å²) < 4.78 is 0. The molecule has 0 saturated heterocycles. The number of fused-ring (bicyclic) bond motifs is 1. The van der Waals surface area contributed by atoms with Gasteiger partial charge in [-0.05, 0) is 30.7 Å². The molecule has 4 heteroatoms. The van der Waals surface area contributed by atoms with Crippen LogP contribution in [0, 0.1) is 0 Å². The Hall–Kier alpha value is -1.39. The quantitative estimate of drug-likeness (QED) is 0.624. The normalized spacial score (nSPS) is 16.8. The Balaban J connectivity index is 2.30. The number of benzene rings is 1. The largest absolute Gasteiger partial charge is 0.326 e. The Kier molecular flexibility index (Phi) is 2.70. The minimum atomic E-state index is -0.145. The summed E-state index contributed by atoms with van der Waals surface area (Å²) in [5.74, 6) is 0.0909. The van der Waals surface area contributed by atoms with E-state index in [0.29, 0.717) is 6.42 Å². The lowest BCUT2D eigenvalue weighted by Gasteiger charge is -2.19. The van der Waals surface area contributed by atoms with Crippen molar-refractivity contribution in [2.45, 2.75) is 19.0 Å². The van der Waals surface area contributed by atoms with Crippen LogP contribution in [0.3, 0.4) is 0 Å². The van der Waals surface area contributed by atoms with E-state index in [-0.39, 0.29) is 12.1 Å². The number of nitrogens with two attached hydrogens (primary N) is 1. The summed E-state index contributed by atoms with van der Waals surface area (Å²) >= 11 is 0. The van der Waals surface area contributed by atoms with Gasteiger partial charge in [0.15, 0.2) is 0 Å². The smallest absolute Gasteiger partial charge is 0.224 e. The van der Waals surface area contributed by atoms with Gasteiger partial charge in [-0.15, -0.1) is 0 Å². The summed E-state index contributed by atoms with van der Waals surface area (Å²) in [5, 5.41) is 5.83. The second kappa shape index (κ2) is 4.00. The van der Waals surface area contributed by atoms with E-state index in [1.54, 1.807) is 0 Å². The van der Waals surface area contributed by atoms with Gasteiger partial charge in [0.2, 0.25) is 5.91 Å². The second-order valence-electron chi connectivity index (χ2n) is 3.73. The molecule has 1 aliphatic rings. The van der Waals surface area contributed by atoms with E-state index in [9.17, 15) is 4.79 Å². The topological polar surface area (TPSA) is 67.1 Å². The Bertz CT molecular complexity index is 389. The average molecular weight is 205 g/mol. The number of amides is 1. The zero-order valence-corrected chi connectivity index (χ0v) is 8.71. The number of carbonyl (C=O) groups excluding carboxylic acids is 1. The molecule has 0 radical (unpaired) electrons. The Labute approximate surface area is 88.9 Å². The molecule has 1 atom stereocenters. The van der Waals surface area contributed by atoms with E-state index in [0.717, 1.165) is 23.2 Å². The van der Waals surface area contributed by atoms with E-state index in [2.05, 4.69) is 16.7 Å². The summed E-state index contributed by atoms with van der Waals surface area (Å²) in [4.78, 5) is 11.2. The lowest BCUT2D eigenvalue weighted by Crippen LogP contribution is -2.25. The molecule has 0 saturated carbocycles. The summed E-state index contributed by atoms with van der Waals surface area (Å²) in [5.41, 5.74) is 8.98. The SMILES string of the molecule is CNC(N)c1ccc2c(c1)CCC(=O)N2. The monoisotopic (exact) mass is 205 g/mol. The predicted molar refractivity (Wildman–Crippen MR) is 59.4 cm³/mol. The van der Waals surface area contributed by atoms with Gasteiger partial charge in [-0.2, -0.15) is 0 Å². The van der Waals surface area contributed by atoms with Gasteiger partial charge in [0, 0.05) is 12.1 Å². The van der Waals surface area contributed by atoms with Crippen molar-refractivity contribution in [2.75, 3.05) is 12.4 Å². The molecule has 0 fully saturated rings. The van der Waals surface area contributed by atoms with E-state index in [4.69, 9.17) is 5.73 Å². The maximum Gasteiger partial charge on any atom is 0.224 e. The third-order valence-electron chi connectivity index (χ3n) is 2.69. The summed E-state index contributed by atoms with van der Waals surface area (Å²) in [7, 11) is 1.83. The number of nitrogens with one attached hydrogen (secondary N) is 2. The van der Waals surface area contributed by atoms with Gasteiger partial charge in [0.25, 0.3) is 0 Å². The standard InChI is InChI=1S/C11H15N3O/c1-13-11(12)8-2-4-9-7(6-8)3-5-10(15)14-9/h2,4,6,11,13H,3,5,12H2,1H3,(H,14,15). The molecule has 0 aliphatic carbocycles. The molecule has 4 nitrogen and oxygen atoms in total. The van der Waals surface area contributed by atoms with Gasteiger partial charge in [0.05, 0.1) is 6.17 Å². The molecule has 80 valence electrons. The number of hydrogen-bond donors (Lipinski definition) is 3. The van der Waals surface area contributed by atoms with E-state index in [1.807, 2.05) is 19.2 Å². The van der Waals surface area contributed by atoms with E-state index < -0.39 is 0 Å². The fourth-order valence-corrected chi connectivity index (χ4v) is 1.76. The Morgan fingerprint density at radius 3 is 3.00 bits per heavy atom.